The van der Waals surface area contributed by atoms with Crippen LogP contribution in [0, 0.1) is 6.92 Å². The molecule has 3 aromatic rings. The molecule has 1 heterocycles. The molecule has 144 valence electrons. The minimum atomic E-state index is -1.00. The van der Waals surface area contributed by atoms with E-state index in [4.69, 9.17) is 0 Å². The summed E-state index contributed by atoms with van der Waals surface area (Å²) < 4.78 is 0. The van der Waals surface area contributed by atoms with Crippen LogP contribution in [0.25, 0.3) is 11.4 Å². The maximum absolute atomic E-state index is 12.2. The molecule has 0 aliphatic rings. The smallest absolute Gasteiger partial charge is 0.313 e. The SMILES string of the molecule is Cc1ccc(-c2nnn(CC(=O)Nc3ccc(C(C)(C)C(=O)O)cc3)n2)cc1. The van der Waals surface area contributed by atoms with Gasteiger partial charge in [-0.2, -0.15) is 4.80 Å². The number of hydrogen-bond acceptors (Lipinski definition) is 5. The lowest BCUT2D eigenvalue weighted by atomic mass is 9.85. The van der Waals surface area contributed by atoms with Crippen LogP contribution in [0.4, 0.5) is 5.69 Å². The summed E-state index contributed by atoms with van der Waals surface area (Å²) in [7, 11) is 0. The molecule has 1 aromatic heterocycles. The average Bonchev–Trinajstić information content (AvgIpc) is 3.11. The minimum Gasteiger partial charge on any atom is -0.481 e. The van der Waals surface area contributed by atoms with Gasteiger partial charge in [0.25, 0.3) is 0 Å². The number of aryl methyl sites for hydroxylation is 1. The van der Waals surface area contributed by atoms with Gasteiger partial charge in [-0.15, -0.1) is 10.2 Å². The van der Waals surface area contributed by atoms with Crippen molar-refractivity contribution in [2.75, 3.05) is 5.32 Å². The van der Waals surface area contributed by atoms with E-state index in [1.807, 2.05) is 31.2 Å². The third-order valence-electron chi connectivity index (χ3n) is 4.47. The summed E-state index contributed by atoms with van der Waals surface area (Å²) in [5.74, 6) is -0.767. The number of aliphatic carboxylic acids is 1. The van der Waals surface area contributed by atoms with Crippen molar-refractivity contribution in [2.45, 2.75) is 32.7 Å². The van der Waals surface area contributed by atoms with Crippen LogP contribution in [-0.2, 0) is 21.5 Å². The Labute approximate surface area is 162 Å². The summed E-state index contributed by atoms with van der Waals surface area (Å²) in [5, 5.41) is 24.1. The van der Waals surface area contributed by atoms with Crippen LogP contribution in [0.1, 0.15) is 25.0 Å². The van der Waals surface area contributed by atoms with Gasteiger partial charge in [-0.1, -0.05) is 42.0 Å². The number of nitrogens with one attached hydrogen (secondary N) is 1. The number of carboxylic acid groups (broad SMARTS) is 1. The number of rotatable bonds is 6. The van der Waals surface area contributed by atoms with Crippen molar-refractivity contribution in [3.05, 3.63) is 59.7 Å². The molecule has 0 unspecified atom stereocenters. The molecule has 0 aliphatic carbocycles. The maximum Gasteiger partial charge on any atom is 0.313 e. The van der Waals surface area contributed by atoms with E-state index < -0.39 is 11.4 Å². The van der Waals surface area contributed by atoms with Gasteiger partial charge in [0.2, 0.25) is 11.7 Å². The molecule has 0 saturated heterocycles. The Bertz CT molecular complexity index is 991. The first-order valence-corrected chi connectivity index (χ1v) is 8.74. The molecule has 0 aliphatic heterocycles. The monoisotopic (exact) mass is 379 g/mol. The highest BCUT2D eigenvalue weighted by atomic mass is 16.4. The second kappa shape index (κ2) is 7.59. The number of anilines is 1. The molecule has 0 atom stereocenters. The fraction of sp³-hybridized carbons (Fsp3) is 0.250. The van der Waals surface area contributed by atoms with Crippen LogP contribution >= 0.6 is 0 Å². The molecule has 3 rings (SSSR count). The first-order chi connectivity index (χ1) is 13.3. The Balaban J connectivity index is 1.63. The quantitative estimate of drug-likeness (QED) is 0.681. The van der Waals surface area contributed by atoms with E-state index >= 15 is 0 Å². The van der Waals surface area contributed by atoms with Crippen LogP contribution < -0.4 is 5.32 Å². The second-order valence-corrected chi connectivity index (χ2v) is 7.07. The number of amides is 1. The lowest BCUT2D eigenvalue weighted by molar-refractivity contribution is -0.142. The van der Waals surface area contributed by atoms with Crippen molar-refractivity contribution in [2.24, 2.45) is 0 Å². The van der Waals surface area contributed by atoms with Crippen LogP contribution in [0.15, 0.2) is 48.5 Å². The molecule has 0 saturated carbocycles. The molecule has 2 N–H and O–H groups in total. The molecule has 0 spiro atoms. The zero-order chi connectivity index (χ0) is 20.3. The summed E-state index contributed by atoms with van der Waals surface area (Å²) >= 11 is 0. The summed E-state index contributed by atoms with van der Waals surface area (Å²) in [6, 6.07) is 14.4. The highest BCUT2D eigenvalue weighted by Gasteiger charge is 2.29. The minimum absolute atomic E-state index is 0.0821. The lowest BCUT2D eigenvalue weighted by Crippen LogP contribution is -2.28. The van der Waals surface area contributed by atoms with Crippen LogP contribution in [-0.4, -0.2) is 37.2 Å². The number of carbonyl (C=O) groups excluding carboxylic acids is 1. The predicted molar refractivity (Wildman–Crippen MR) is 104 cm³/mol. The van der Waals surface area contributed by atoms with E-state index in [1.165, 1.54) is 4.80 Å². The largest absolute Gasteiger partial charge is 0.481 e. The van der Waals surface area contributed by atoms with E-state index in [9.17, 15) is 14.7 Å². The molecular weight excluding hydrogens is 358 g/mol. The van der Waals surface area contributed by atoms with Crippen LogP contribution in [0.3, 0.4) is 0 Å². The Morgan fingerprint density at radius 1 is 1.07 bits per heavy atom. The number of aromatic nitrogens is 4. The Hall–Kier alpha value is -3.55. The second-order valence-electron chi connectivity index (χ2n) is 7.07. The molecule has 8 heteroatoms. The standard InChI is InChI=1S/C20H21N5O3/c1-13-4-6-14(7-5-13)18-22-24-25(23-18)12-17(26)21-16-10-8-15(9-11-16)20(2,3)19(27)28/h4-11H,12H2,1-3H3,(H,21,26)(H,27,28). The topological polar surface area (TPSA) is 110 Å². The van der Waals surface area contributed by atoms with Crippen LogP contribution in [0.5, 0.6) is 0 Å². The molecule has 2 aromatic carbocycles. The lowest BCUT2D eigenvalue weighted by Gasteiger charge is -2.19. The predicted octanol–water partition coefficient (Wildman–Crippen LogP) is 2.65. The summed E-state index contributed by atoms with van der Waals surface area (Å²) in [6.07, 6.45) is 0. The van der Waals surface area contributed by atoms with Gasteiger partial charge in [0.15, 0.2) is 0 Å². The number of hydrogen-bond donors (Lipinski definition) is 2. The van der Waals surface area contributed by atoms with E-state index in [0.717, 1.165) is 11.1 Å². The van der Waals surface area contributed by atoms with Crippen molar-refractivity contribution in [3.8, 4) is 11.4 Å². The fourth-order valence-electron chi connectivity index (χ4n) is 2.55. The van der Waals surface area contributed by atoms with E-state index in [1.54, 1.807) is 38.1 Å². The highest BCUT2D eigenvalue weighted by molar-refractivity contribution is 5.90. The average molecular weight is 379 g/mol. The Morgan fingerprint density at radius 3 is 2.32 bits per heavy atom. The van der Waals surface area contributed by atoms with Gasteiger partial charge in [-0.3, -0.25) is 9.59 Å². The molecule has 0 radical (unpaired) electrons. The van der Waals surface area contributed by atoms with Crippen molar-refractivity contribution in [1.82, 2.24) is 20.2 Å². The number of nitrogens with zero attached hydrogens (tertiary/aromatic N) is 4. The summed E-state index contributed by atoms with van der Waals surface area (Å²) in [5.41, 5.74) is 2.18. The van der Waals surface area contributed by atoms with Crippen LogP contribution in [0.2, 0.25) is 0 Å². The molecular formula is C20H21N5O3. The van der Waals surface area contributed by atoms with Gasteiger partial charge in [0.05, 0.1) is 5.41 Å². The molecule has 1 amide bonds. The van der Waals surface area contributed by atoms with Crippen molar-refractivity contribution >= 4 is 17.6 Å². The van der Waals surface area contributed by atoms with Gasteiger partial charge < -0.3 is 10.4 Å². The van der Waals surface area contributed by atoms with Gasteiger partial charge in [-0.05, 0) is 43.7 Å². The van der Waals surface area contributed by atoms with E-state index in [-0.39, 0.29) is 12.5 Å². The fourth-order valence-corrected chi connectivity index (χ4v) is 2.55. The first kappa shape index (κ1) is 19.2. The number of carbonyl (C=O) groups is 2. The van der Waals surface area contributed by atoms with Gasteiger partial charge in [-0.25, -0.2) is 0 Å². The van der Waals surface area contributed by atoms with Gasteiger partial charge in [0.1, 0.15) is 6.54 Å². The first-order valence-electron chi connectivity index (χ1n) is 8.74. The number of tetrazole rings is 1. The summed E-state index contributed by atoms with van der Waals surface area (Å²) in [6.45, 7) is 5.17. The highest BCUT2D eigenvalue weighted by Crippen LogP contribution is 2.24. The number of benzene rings is 2. The molecule has 8 nitrogen and oxygen atoms in total. The zero-order valence-corrected chi connectivity index (χ0v) is 15.9. The zero-order valence-electron chi connectivity index (χ0n) is 15.9. The molecule has 0 fully saturated rings. The number of carboxylic acids is 1. The van der Waals surface area contributed by atoms with Crippen molar-refractivity contribution in [1.29, 1.82) is 0 Å². The van der Waals surface area contributed by atoms with E-state index in [0.29, 0.717) is 17.1 Å². The van der Waals surface area contributed by atoms with Gasteiger partial charge in [0, 0.05) is 11.3 Å². The van der Waals surface area contributed by atoms with E-state index in [2.05, 4.69) is 20.7 Å². The molecule has 28 heavy (non-hydrogen) atoms. The Kier molecular flexibility index (Phi) is 5.21. The third kappa shape index (κ3) is 4.22. The van der Waals surface area contributed by atoms with Crippen molar-refractivity contribution in [3.63, 3.8) is 0 Å². The Morgan fingerprint density at radius 2 is 1.71 bits per heavy atom. The summed E-state index contributed by atoms with van der Waals surface area (Å²) in [4.78, 5) is 24.8. The van der Waals surface area contributed by atoms with Gasteiger partial charge >= 0.3 is 5.97 Å². The normalized spacial score (nSPS) is 11.2. The third-order valence-corrected chi connectivity index (χ3v) is 4.47. The maximum atomic E-state index is 12.2. The van der Waals surface area contributed by atoms with Crippen molar-refractivity contribution < 1.29 is 14.7 Å². The molecule has 0 bridgehead atoms.